The standard InChI is InChI=1S/C15H22O2/c1-11(2)14-16-10-15(3,4)13(17-14)12-8-6-5-7-9-12/h5-9,11,13-14H,10H2,1-4H3. The summed E-state index contributed by atoms with van der Waals surface area (Å²) in [5.74, 6) is 0.386. The minimum atomic E-state index is -0.0896. The number of ether oxygens (including phenoxy) is 2. The van der Waals surface area contributed by atoms with Crippen molar-refractivity contribution in [1.82, 2.24) is 0 Å². The van der Waals surface area contributed by atoms with E-state index in [4.69, 9.17) is 9.47 Å². The average Bonchev–Trinajstić information content (AvgIpc) is 2.29. The molecule has 0 spiro atoms. The first-order valence-electron chi connectivity index (χ1n) is 6.33. The van der Waals surface area contributed by atoms with Crippen molar-refractivity contribution < 1.29 is 9.47 Å². The highest BCUT2D eigenvalue weighted by Crippen LogP contribution is 2.42. The summed E-state index contributed by atoms with van der Waals surface area (Å²) >= 11 is 0. The smallest absolute Gasteiger partial charge is 0.160 e. The molecule has 0 aliphatic carbocycles. The summed E-state index contributed by atoms with van der Waals surface area (Å²) in [6.45, 7) is 9.40. The molecule has 2 heteroatoms. The molecule has 0 aromatic heterocycles. The first kappa shape index (κ1) is 12.6. The van der Waals surface area contributed by atoms with Gasteiger partial charge < -0.3 is 9.47 Å². The third-order valence-electron chi connectivity index (χ3n) is 3.25. The van der Waals surface area contributed by atoms with Crippen molar-refractivity contribution in [2.24, 2.45) is 11.3 Å². The van der Waals surface area contributed by atoms with Crippen LogP contribution in [0.3, 0.4) is 0 Å². The second-order valence-corrected chi connectivity index (χ2v) is 5.84. The number of hydrogen-bond donors (Lipinski definition) is 0. The van der Waals surface area contributed by atoms with Gasteiger partial charge in [0.25, 0.3) is 0 Å². The molecule has 0 saturated carbocycles. The van der Waals surface area contributed by atoms with Crippen LogP contribution in [0.4, 0.5) is 0 Å². The molecule has 0 radical (unpaired) electrons. The Morgan fingerprint density at radius 1 is 1.18 bits per heavy atom. The molecule has 2 unspecified atom stereocenters. The lowest BCUT2D eigenvalue weighted by Crippen LogP contribution is -2.42. The fourth-order valence-electron chi connectivity index (χ4n) is 2.24. The van der Waals surface area contributed by atoms with Gasteiger partial charge in [0.05, 0.1) is 12.7 Å². The third-order valence-corrected chi connectivity index (χ3v) is 3.25. The molecule has 2 rings (SSSR count). The van der Waals surface area contributed by atoms with E-state index in [1.54, 1.807) is 0 Å². The van der Waals surface area contributed by atoms with Gasteiger partial charge in [-0.15, -0.1) is 0 Å². The molecule has 2 atom stereocenters. The average molecular weight is 234 g/mol. The highest BCUT2D eigenvalue weighted by molar-refractivity contribution is 5.20. The molecule has 0 N–H and O–H groups in total. The van der Waals surface area contributed by atoms with E-state index < -0.39 is 0 Å². The van der Waals surface area contributed by atoms with Crippen LogP contribution >= 0.6 is 0 Å². The van der Waals surface area contributed by atoms with Crippen molar-refractivity contribution >= 4 is 0 Å². The van der Waals surface area contributed by atoms with Crippen LogP contribution in [0.5, 0.6) is 0 Å². The molecule has 17 heavy (non-hydrogen) atoms. The van der Waals surface area contributed by atoms with Crippen LogP contribution in [-0.4, -0.2) is 12.9 Å². The minimum Gasteiger partial charge on any atom is -0.352 e. The van der Waals surface area contributed by atoms with Crippen molar-refractivity contribution in [3.8, 4) is 0 Å². The fourth-order valence-corrected chi connectivity index (χ4v) is 2.24. The Balaban J connectivity index is 2.22. The van der Waals surface area contributed by atoms with E-state index in [-0.39, 0.29) is 17.8 Å². The highest BCUT2D eigenvalue weighted by Gasteiger charge is 2.39. The van der Waals surface area contributed by atoms with Gasteiger partial charge in [-0.25, -0.2) is 0 Å². The molecule has 1 aliphatic rings. The topological polar surface area (TPSA) is 18.5 Å². The van der Waals surface area contributed by atoms with E-state index in [9.17, 15) is 0 Å². The Morgan fingerprint density at radius 2 is 1.82 bits per heavy atom. The van der Waals surface area contributed by atoms with Crippen molar-refractivity contribution in [3.05, 3.63) is 35.9 Å². The zero-order chi connectivity index (χ0) is 12.5. The van der Waals surface area contributed by atoms with Gasteiger partial charge in [-0.05, 0) is 5.56 Å². The maximum atomic E-state index is 6.13. The van der Waals surface area contributed by atoms with Gasteiger partial charge in [0.2, 0.25) is 0 Å². The van der Waals surface area contributed by atoms with E-state index in [0.29, 0.717) is 5.92 Å². The Morgan fingerprint density at radius 3 is 2.41 bits per heavy atom. The van der Waals surface area contributed by atoms with Crippen LogP contribution in [0.2, 0.25) is 0 Å². The zero-order valence-electron chi connectivity index (χ0n) is 11.1. The zero-order valence-corrected chi connectivity index (χ0v) is 11.1. The molecule has 1 heterocycles. The van der Waals surface area contributed by atoms with Gasteiger partial charge in [-0.1, -0.05) is 58.0 Å². The van der Waals surface area contributed by atoms with Crippen LogP contribution in [0.25, 0.3) is 0 Å². The van der Waals surface area contributed by atoms with Crippen LogP contribution in [0, 0.1) is 11.3 Å². The molecule has 1 saturated heterocycles. The highest BCUT2D eigenvalue weighted by atomic mass is 16.7. The van der Waals surface area contributed by atoms with Crippen LogP contribution < -0.4 is 0 Å². The molecular formula is C15H22O2. The van der Waals surface area contributed by atoms with E-state index in [0.717, 1.165) is 6.61 Å². The molecule has 1 aromatic rings. The Labute approximate surface area is 104 Å². The number of rotatable bonds is 2. The van der Waals surface area contributed by atoms with Gasteiger partial charge >= 0.3 is 0 Å². The quantitative estimate of drug-likeness (QED) is 0.775. The van der Waals surface area contributed by atoms with Crippen LogP contribution in [0.15, 0.2) is 30.3 Å². The van der Waals surface area contributed by atoms with E-state index in [2.05, 4.69) is 52.0 Å². The summed E-state index contributed by atoms with van der Waals surface area (Å²) in [4.78, 5) is 0. The lowest BCUT2D eigenvalue weighted by atomic mass is 9.82. The molecule has 0 bridgehead atoms. The predicted octanol–water partition coefficient (Wildman–Crippen LogP) is 3.78. The van der Waals surface area contributed by atoms with Gasteiger partial charge in [-0.3, -0.25) is 0 Å². The Kier molecular flexibility index (Phi) is 3.55. The molecule has 0 amide bonds. The van der Waals surface area contributed by atoms with Crippen molar-refractivity contribution in [2.75, 3.05) is 6.61 Å². The van der Waals surface area contributed by atoms with E-state index in [1.807, 2.05) is 6.07 Å². The molecular weight excluding hydrogens is 212 g/mol. The first-order chi connectivity index (χ1) is 8.00. The summed E-state index contributed by atoms with van der Waals surface area (Å²) in [5, 5.41) is 0. The first-order valence-corrected chi connectivity index (χ1v) is 6.33. The van der Waals surface area contributed by atoms with Crippen molar-refractivity contribution in [1.29, 1.82) is 0 Å². The van der Waals surface area contributed by atoms with E-state index in [1.165, 1.54) is 5.56 Å². The monoisotopic (exact) mass is 234 g/mol. The predicted molar refractivity (Wildman–Crippen MR) is 68.6 cm³/mol. The van der Waals surface area contributed by atoms with E-state index >= 15 is 0 Å². The van der Waals surface area contributed by atoms with Crippen LogP contribution in [0.1, 0.15) is 39.4 Å². The maximum absolute atomic E-state index is 6.13. The normalized spacial score (nSPS) is 28.3. The number of hydrogen-bond acceptors (Lipinski definition) is 2. The summed E-state index contributed by atoms with van der Waals surface area (Å²) < 4.78 is 11.9. The second kappa shape index (κ2) is 4.79. The Bertz CT molecular complexity index is 356. The SMILES string of the molecule is CC(C)C1OCC(C)(C)C(c2ccccc2)O1. The molecule has 1 fully saturated rings. The maximum Gasteiger partial charge on any atom is 0.160 e. The Hall–Kier alpha value is -0.860. The lowest BCUT2D eigenvalue weighted by molar-refractivity contribution is -0.277. The number of benzene rings is 1. The minimum absolute atomic E-state index is 0.0206. The summed E-state index contributed by atoms with van der Waals surface area (Å²) in [6.07, 6.45) is 0.0260. The van der Waals surface area contributed by atoms with Gasteiger partial charge in [0, 0.05) is 11.3 Å². The summed E-state index contributed by atoms with van der Waals surface area (Å²) in [5.41, 5.74) is 1.26. The molecule has 1 aliphatic heterocycles. The summed E-state index contributed by atoms with van der Waals surface area (Å²) in [7, 11) is 0. The third kappa shape index (κ3) is 2.70. The van der Waals surface area contributed by atoms with Crippen molar-refractivity contribution in [3.63, 3.8) is 0 Å². The van der Waals surface area contributed by atoms with Gasteiger partial charge in [-0.2, -0.15) is 0 Å². The van der Waals surface area contributed by atoms with Gasteiger partial charge in [0.15, 0.2) is 6.29 Å². The molecule has 94 valence electrons. The fraction of sp³-hybridized carbons (Fsp3) is 0.600. The lowest BCUT2D eigenvalue weighted by Gasteiger charge is -2.43. The van der Waals surface area contributed by atoms with Crippen LogP contribution in [-0.2, 0) is 9.47 Å². The molecule has 1 aromatic carbocycles. The summed E-state index contributed by atoms with van der Waals surface area (Å²) in [6, 6.07) is 10.4. The second-order valence-electron chi connectivity index (χ2n) is 5.84. The molecule has 2 nitrogen and oxygen atoms in total. The van der Waals surface area contributed by atoms with Gasteiger partial charge in [0.1, 0.15) is 0 Å². The van der Waals surface area contributed by atoms with Crippen molar-refractivity contribution in [2.45, 2.75) is 40.1 Å². The largest absolute Gasteiger partial charge is 0.352 e.